The molecule has 0 N–H and O–H groups in total. The lowest BCUT2D eigenvalue weighted by Crippen LogP contribution is -2.00. The zero-order chi connectivity index (χ0) is 9.14. The van der Waals surface area contributed by atoms with E-state index in [-0.39, 0.29) is 5.97 Å². The van der Waals surface area contributed by atoms with Crippen LogP contribution >= 0.6 is 11.3 Å². The smallest absolute Gasteiger partial charge is 0.339 e. The summed E-state index contributed by atoms with van der Waals surface area (Å²) in [5.74, 6) is 2.15. The van der Waals surface area contributed by atoms with Crippen LogP contribution in [0.2, 0.25) is 0 Å². The molecule has 62 valence electrons. The van der Waals surface area contributed by atoms with E-state index in [0.717, 1.165) is 9.75 Å². The summed E-state index contributed by atoms with van der Waals surface area (Å²) in [5.41, 5.74) is 0.565. The molecule has 0 aliphatic heterocycles. The molecule has 0 spiro atoms. The average Bonchev–Trinajstić information content (AvgIpc) is 2.45. The molecule has 3 heteroatoms. The number of thiophene rings is 1. The van der Waals surface area contributed by atoms with E-state index < -0.39 is 0 Å². The molecule has 0 amide bonds. The molecule has 12 heavy (non-hydrogen) atoms. The van der Waals surface area contributed by atoms with Crippen LogP contribution in [0.15, 0.2) is 6.07 Å². The molecule has 1 aromatic rings. The Morgan fingerprint density at radius 2 is 2.42 bits per heavy atom. The molecule has 0 saturated carbocycles. The number of ether oxygens (including phenoxy) is 1. The van der Waals surface area contributed by atoms with Crippen molar-refractivity contribution in [2.45, 2.75) is 6.92 Å². The summed E-state index contributed by atoms with van der Waals surface area (Å²) in [6.45, 7) is 1.84. The van der Waals surface area contributed by atoms with E-state index in [1.807, 2.05) is 6.92 Å². The second-order valence-corrected chi connectivity index (χ2v) is 3.47. The van der Waals surface area contributed by atoms with Crippen LogP contribution in [0.1, 0.15) is 20.1 Å². The summed E-state index contributed by atoms with van der Waals surface area (Å²) in [6.07, 6.45) is 5.18. The molecule has 0 saturated heterocycles. The van der Waals surface area contributed by atoms with Gasteiger partial charge in [0.15, 0.2) is 0 Å². The highest BCUT2D eigenvalue weighted by Crippen LogP contribution is 2.21. The zero-order valence-electron chi connectivity index (χ0n) is 6.88. The molecule has 0 fully saturated rings. The first-order valence-electron chi connectivity index (χ1n) is 3.34. The van der Waals surface area contributed by atoms with Crippen molar-refractivity contribution in [2.75, 3.05) is 7.11 Å². The van der Waals surface area contributed by atoms with Crippen LogP contribution in [0.4, 0.5) is 0 Å². The first kappa shape index (κ1) is 8.82. The van der Waals surface area contributed by atoms with Crippen molar-refractivity contribution in [2.24, 2.45) is 0 Å². The van der Waals surface area contributed by atoms with Crippen LogP contribution < -0.4 is 0 Å². The van der Waals surface area contributed by atoms with Gasteiger partial charge in [-0.3, -0.25) is 0 Å². The molecule has 0 unspecified atom stereocenters. The summed E-state index contributed by atoms with van der Waals surface area (Å²) in [5, 5.41) is 0. The van der Waals surface area contributed by atoms with Gasteiger partial charge in [-0.05, 0) is 13.0 Å². The van der Waals surface area contributed by atoms with Crippen LogP contribution in [0.25, 0.3) is 0 Å². The van der Waals surface area contributed by atoms with Gasteiger partial charge in [-0.25, -0.2) is 4.79 Å². The van der Waals surface area contributed by atoms with Gasteiger partial charge in [0, 0.05) is 4.88 Å². The van der Waals surface area contributed by atoms with Gasteiger partial charge >= 0.3 is 5.97 Å². The Kier molecular flexibility index (Phi) is 2.51. The van der Waals surface area contributed by atoms with Crippen LogP contribution in [0.3, 0.4) is 0 Å². The van der Waals surface area contributed by atoms with Crippen molar-refractivity contribution in [3.05, 3.63) is 21.4 Å². The second kappa shape index (κ2) is 3.42. The molecule has 0 aliphatic rings. The van der Waals surface area contributed by atoms with Crippen molar-refractivity contribution in [1.82, 2.24) is 0 Å². The Morgan fingerprint density at radius 1 is 1.75 bits per heavy atom. The van der Waals surface area contributed by atoms with Gasteiger partial charge in [0.25, 0.3) is 0 Å². The monoisotopic (exact) mass is 180 g/mol. The Balaban J connectivity index is 3.10. The third-order valence-electron chi connectivity index (χ3n) is 1.47. The number of rotatable bonds is 1. The van der Waals surface area contributed by atoms with Gasteiger partial charge in [0.05, 0.1) is 17.6 Å². The molecule has 0 aliphatic carbocycles. The lowest BCUT2D eigenvalue weighted by molar-refractivity contribution is 0.0600. The maximum absolute atomic E-state index is 11.1. The van der Waals surface area contributed by atoms with E-state index in [1.54, 1.807) is 6.07 Å². The van der Waals surface area contributed by atoms with Gasteiger partial charge in [-0.2, -0.15) is 0 Å². The standard InChI is InChI=1S/C9H8O2S/c1-4-7-5-8(6(2)12-7)9(10)11-3/h1,5H,2-3H3. The fraction of sp³-hybridized carbons (Fsp3) is 0.222. The largest absolute Gasteiger partial charge is 0.465 e. The average molecular weight is 180 g/mol. The number of hydrogen-bond acceptors (Lipinski definition) is 3. The Labute approximate surface area is 75.2 Å². The Morgan fingerprint density at radius 3 is 2.83 bits per heavy atom. The minimum Gasteiger partial charge on any atom is -0.465 e. The maximum Gasteiger partial charge on any atom is 0.339 e. The summed E-state index contributed by atoms with van der Waals surface area (Å²) in [7, 11) is 1.36. The van der Waals surface area contributed by atoms with E-state index in [1.165, 1.54) is 18.4 Å². The molecule has 1 heterocycles. The Bertz CT molecular complexity index is 344. The predicted octanol–water partition coefficient (Wildman–Crippen LogP) is 1.82. The predicted molar refractivity (Wildman–Crippen MR) is 48.3 cm³/mol. The molecular formula is C9H8O2S. The molecule has 0 aromatic carbocycles. The topological polar surface area (TPSA) is 26.3 Å². The first-order valence-corrected chi connectivity index (χ1v) is 4.16. The van der Waals surface area contributed by atoms with Crippen molar-refractivity contribution in [3.8, 4) is 12.3 Å². The third kappa shape index (κ3) is 1.49. The summed E-state index contributed by atoms with van der Waals surface area (Å²) in [6, 6.07) is 1.67. The number of methoxy groups -OCH3 is 1. The Hall–Kier alpha value is -1.27. The number of hydrogen-bond donors (Lipinski definition) is 0. The number of esters is 1. The van der Waals surface area contributed by atoms with Crippen molar-refractivity contribution < 1.29 is 9.53 Å². The molecular weight excluding hydrogens is 172 g/mol. The lowest BCUT2D eigenvalue weighted by atomic mass is 10.2. The van der Waals surface area contributed by atoms with Gasteiger partial charge in [0.2, 0.25) is 0 Å². The van der Waals surface area contributed by atoms with Crippen LogP contribution in [-0.4, -0.2) is 13.1 Å². The third-order valence-corrected chi connectivity index (χ3v) is 2.45. The second-order valence-electron chi connectivity index (χ2n) is 2.22. The minimum atomic E-state index is -0.328. The lowest BCUT2D eigenvalue weighted by Gasteiger charge is -1.94. The van der Waals surface area contributed by atoms with E-state index >= 15 is 0 Å². The fourth-order valence-electron chi connectivity index (χ4n) is 0.866. The molecule has 0 bridgehead atoms. The first-order chi connectivity index (χ1) is 5.69. The van der Waals surface area contributed by atoms with Crippen LogP contribution in [0.5, 0.6) is 0 Å². The highest BCUT2D eigenvalue weighted by molar-refractivity contribution is 7.12. The molecule has 0 atom stereocenters. The summed E-state index contributed by atoms with van der Waals surface area (Å²) >= 11 is 1.42. The number of terminal acetylenes is 1. The summed E-state index contributed by atoms with van der Waals surface area (Å²) < 4.78 is 4.57. The van der Waals surface area contributed by atoms with E-state index in [0.29, 0.717) is 5.56 Å². The molecule has 2 nitrogen and oxygen atoms in total. The fourth-order valence-corrected chi connectivity index (χ4v) is 1.68. The van der Waals surface area contributed by atoms with Gasteiger partial charge in [-0.1, -0.05) is 5.92 Å². The molecule has 1 rings (SSSR count). The normalized spacial score (nSPS) is 9.08. The number of aryl methyl sites for hydroxylation is 1. The highest BCUT2D eigenvalue weighted by Gasteiger charge is 2.11. The summed E-state index contributed by atoms with van der Waals surface area (Å²) in [4.78, 5) is 12.7. The van der Waals surface area contributed by atoms with E-state index in [2.05, 4.69) is 10.7 Å². The van der Waals surface area contributed by atoms with Gasteiger partial charge < -0.3 is 4.74 Å². The van der Waals surface area contributed by atoms with Crippen LogP contribution in [-0.2, 0) is 4.74 Å². The van der Waals surface area contributed by atoms with Crippen molar-refractivity contribution in [1.29, 1.82) is 0 Å². The SMILES string of the molecule is C#Cc1cc(C(=O)OC)c(C)s1. The van der Waals surface area contributed by atoms with Crippen molar-refractivity contribution in [3.63, 3.8) is 0 Å². The number of carbonyl (C=O) groups is 1. The maximum atomic E-state index is 11.1. The molecule has 1 aromatic heterocycles. The zero-order valence-corrected chi connectivity index (χ0v) is 7.70. The van der Waals surface area contributed by atoms with Gasteiger partial charge in [0.1, 0.15) is 0 Å². The van der Waals surface area contributed by atoms with E-state index in [4.69, 9.17) is 6.42 Å². The number of carbonyl (C=O) groups excluding carboxylic acids is 1. The van der Waals surface area contributed by atoms with Crippen LogP contribution in [0, 0.1) is 19.3 Å². The highest BCUT2D eigenvalue weighted by atomic mass is 32.1. The molecule has 0 radical (unpaired) electrons. The van der Waals surface area contributed by atoms with Gasteiger partial charge in [-0.15, -0.1) is 17.8 Å². The van der Waals surface area contributed by atoms with E-state index in [9.17, 15) is 4.79 Å². The minimum absolute atomic E-state index is 0.328. The quantitative estimate of drug-likeness (QED) is 0.487. The van der Waals surface area contributed by atoms with Crippen molar-refractivity contribution >= 4 is 17.3 Å².